The van der Waals surface area contributed by atoms with Gasteiger partial charge in [-0.3, -0.25) is 0 Å². The van der Waals surface area contributed by atoms with E-state index in [4.69, 9.17) is 10.5 Å². The van der Waals surface area contributed by atoms with Crippen molar-refractivity contribution < 1.29 is 4.74 Å². The topological polar surface area (TPSA) is 51.4 Å². The quantitative estimate of drug-likeness (QED) is 0.812. The van der Waals surface area contributed by atoms with Crippen LogP contribution in [0.4, 0.5) is 5.69 Å². The van der Waals surface area contributed by atoms with Gasteiger partial charge in [0.15, 0.2) is 0 Å². The largest absolute Gasteiger partial charge is 0.493 e. The first-order valence-corrected chi connectivity index (χ1v) is 8.99. The number of hydrogen-bond donors (Lipinski definition) is 1. The predicted octanol–water partition coefficient (Wildman–Crippen LogP) is 3.81. The lowest BCUT2D eigenvalue weighted by molar-refractivity contribution is 0.221. The Morgan fingerprint density at radius 3 is 2.92 bits per heavy atom. The van der Waals surface area contributed by atoms with E-state index in [9.17, 15) is 0 Å². The number of aromatic nitrogens is 1. The Labute approximate surface area is 147 Å². The van der Waals surface area contributed by atoms with Crippen LogP contribution in [0.25, 0.3) is 0 Å². The minimum atomic E-state index is 0.688. The molecule has 1 aromatic heterocycles. The first kappa shape index (κ1) is 16.6. The lowest BCUT2D eigenvalue weighted by atomic mass is 10.1. The highest BCUT2D eigenvalue weighted by Crippen LogP contribution is 2.19. The van der Waals surface area contributed by atoms with Gasteiger partial charge in [-0.2, -0.15) is 0 Å². The van der Waals surface area contributed by atoms with E-state index in [1.54, 1.807) is 11.3 Å². The Morgan fingerprint density at radius 2 is 2.21 bits per heavy atom. The summed E-state index contributed by atoms with van der Waals surface area (Å²) in [5.74, 6) is 0.942. The van der Waals surface area contributed by atoms with E-state index < -0.39 is 0 Å². The molecule has 0 saturated heterocycles. The zero-order chi connectivity index (χ0) is 16.9. The van der Waals surface area contributed by atoms with Crippen molar-refractivity contribution in [3.8, 4) is 0 Å². The third kappa shape index (κ3) is 3.97. The lowest BCUT2D eigenvalue weighted by Gasteiger charge is -2.24. The fourth-order valence-electron chi connectivity index (χ4n) is 2.66. The van der Waals surface area contributed by atoms with Gasteiger partial charge in [-0.25, -0.2) is 4.98 Å². The SMILES string of the molecule is Cc1ncsc1CCOC1=CCN(Cc2cccc(N)c2C)C=C1. The summed E-state index contributed by atoms with van der Waals surface area (Å²) in [6.45, 7) is 6.51. The van der Waals surface area contributed by atoms with E-state index in [-0.39, 0.29) is 0 Å². The minimum Gasteiger partial charge on any atom is -0.493 e. The van der Waals surface area contributed by atoms with E-state index in [1.165, 1.54) is 10.4 Å². The molecule has 3 rings (SSSR count). The number of anilines is 1. The first-order valence-electron chi connectivity index (χ1n) is 8.11. The van der Waals surface area contributed by atoms with Crippen LogP contribution in [0, 0.1) is 13.8 Å². The summed E-state index contributed by atoms with van der Waals surface area (Å²) in [6, 6.07) is 6.09. The van der Waals surface area contributed by atoms with Crippen LogP contribution in [-0.2, 0) is 17.7 Å². The molecule has 0 saturated carbocycles. The van der Waals surface area contributed by atoms with Gasteiger partial charge in [0.2, 0.25) is 0 Å². The number of benzene rings is 1. The minimum absolute atomic E-state index is 0.688. The van der Waals surface area contributed by atoms with E-state index in [0.29, 0.717) is 6.61 Å². The van der Waals surface area contributed by atoms with Gasteiger partial charge in [0.1, 0.15) is 5.76 Å². The van der Waals surface area contributed by atoms with Crippen LogP contribution < -0.4 is 5.73 Å². The maximum absolute atomic E-state index is 5.98. The van der Waals surface area contributed by atoms with Crippen molar-refractivity contribution in [2.45, 2.75) is 26.8 Å². The Balaban J connectivity index is 1.48. The number of rotatable bonds is 6. The molecule has 0 aliphatic carbocycles. The van der Waals surface area contributed by atoms with Crippen molar-refractivity contribution in [3.63, 3.8) is 0 Å². The van der Waals surface area contributed by atoms with Crippen LogP contribution in [-0.4, -0.2) is 23.0 Å². The molecule has 1 aliphatic rings. The average Bonchev–Trinajstić information content (AvgIpc) is 2.99. The van der Waals surface area contributed by atoms with Gasteiger partial charge in [0.05, 0.1) is 17.8 Å². The highest BCUT2D eigenvalue weighted by molar-refractivity contribution is 7.09. The number of nitrogens with two attached hydrogens (primary N) is 1. The van der Waals surface area contributed by atoms with E-state index in [1.807, 2.05) is 30.6 Å². The van der Waals surface area contributed by atoms with Gasteiger partial charge >= 0.3 is 0 Å². The zero-order valence-electron chi connectivity index (χ0n) is 14.2. The molecule has 2 aromatic rings. The molecule has 24 heavy (non-hydrogen) atoms. The molecule has 2 heterocycles. The van der Waals surface area contributed by atoms with Crippen molar-refractivity contribution in [2.75, 3.05) is 18.9 Å². The molecule has 126 valence electrons. The molecule has 5 heteroatoms. The second kappa shape index (κ2) is 7.53. The van der Waals surface area contributed by atoms with Crippen molar-refractivity contribution >= 4 is 17.0 Å². The summed E-state index contributed by atoms with van der Waals surface area (Å²) in [7, 11) is 0. The molecular formula is C19H23N3OS. The smallest absolute Gasteiger partial charge is 0.118 e. The fraction of sp³-hybridized carbons (Fsp3) is 0.316. The third-order valence-corrected chi connectivity index (χ3v) is 5.28. The van der Waals surface area contributed by atoms with Crippen molar-refractivity contribution in [2.24, 2.45) is 0 Å². The maximum Gasteiger partial charge on any atom is 0.118 e. The number of thiazole rings is 1. The van der Waals surface area contributed by atoms with E-state index >= 15 is 0 Å². The van der Waals surface area contributed by atoms with Gasteiger partial charge in [0.25, 0.3) is 0 Å². The standard InChI is InChI=1S/C19H23N3OS/c1-14-16(4-3-5-18(14)20)12-22-9-6-17(7-10-22)23-11-8-19-15(2)21-13-24-19/h3-7,9,13H,8,10-12,20H2,1-2H3. The normalized spacial score (nSPS) is 13.9. The molecule has 1 aliphatic heterocycles. The number of hydrogen-bond acceptors (Lipinski definition) is 5. The van der Waals surface area contributed by atoms with E-state index in [0.717, 1.165) is 42.2 Å². The zero-order valence-corrected chi connectivity index (χ0v) is 15.0. The summed E-state index contributed by atoms with van der Waals surface area (Å²) in [5, 5.41) is 0. The van der Waals surface area contributed by atoms with Gasteiger partial charge in [-0.05, 0) is 43.2 Å². The lowest BCUT2D eigenvalue weighted by Crippen LogP contribution is -2.20. The monoisotopic (exact) mass is 341 g/mol. The first-order chi connectivity index (χ1) is 11.6. The Hall–Kier alpha value is -2.27. The number of nitrogens with zero attached hydrogens (tertiary/aromatic N) is 2. The number of ether oxygens (including phenoxy) is 1. The molecular weight excluding hydrogens is 318 g/mol. The van der Waals surface area contributed by atoms with E-state index in [2.05, 4.69) is 35.1 Å². The molecule has 0 radical (unpaired) electrons. The molecule has 4 nitrogen and oxygen atoms in total. The summed E-state index contributed by atoms with van der Waals surface area (Å²) in [5.41, 5.74) is 12.3. The molecule has 0 bridgehead atoms. The van der Waals surface area contributed by atoms with Crippen LogP contribution in [0.15, 0.2) is 47.8 Å². The van der Waals surface area contributed by atoms with Gasteiger partial charge in [-0.15, -0.1) is 11.3 Å². The highest BCUT2D eigenvalue weighted by atomic mass is 32.1. The molecule has 0 amide bonds. The Kier molecular flexibility index (Phi) is 5.20. The van der Waals surface area contributed by atoms with Crippen LogP contribution in [0.5, 0.6) is 0 Å². The fourth-order valence-corrected chi connectivity index (χ4v) is 3.42. The Morgan fingerprint density at radius 1 is 1.33 bits per heavy atom. The predicted molar refractivity (Wildman–Crippen MR) is 99.7 cm³/mol. The molecule has 0 spiro atoms. The van der Waals surface area contributed by atoms with Crippen LogP contribution in [0.3, 0.4) is 0 Å². The third-order valence-electron chi connectivity index (χ3n) is 4.28. The van der Waals surface area contributed by atoms with Gasteiger partial charge in [0, 0.05) is 36.3 Å². The average molecular weight is 341 g/mol. The van der Waals surface area contributed by atoms with Crippen molar-refractivity contribution in [1.82, 2.24) is 9.88 Å². The number of allylic oxidation sites excluding steroid dienone is 1. The summed E-state index contributed by atoms with van der Waals surface area (Å²) in [4.78, 5) is 7.82. The summed E-state index contributed by atoms with van der Waals surface area (Å²) < 4.78 is 5.86. The Bertz CT molecular complexity index is 764. The second-order valence-corrected chi connectivity index (χ2v) is 6.88. The summed E-state index contributed by atoms with van der Waals surface area (Å²) >= 11 is 1.69. The number of aryl methyl sites for hydroxylation is 1. The number of nitrogen functional groups attached to an aromatic ring is 1. The summed E-state index contributed by atoms with van der Waals surface area (Å²) in [6.07, 6.45) is 7.16. The highest BCUT2D eigenvalue weighted by Gasteiger charge is 2.09. The van der Waals surface area contributed by atoms with Crippen LogP contribution in [0.1, 0.15) is 21.7 Å². The van der Waals surface area contributed by atoms with Crippen LogP contribution >= 0.6 is 11.3 Å². The van der Waals surface area contributed by atoms with Crippen molar-refractivity contribution in [3.05, 3.63) is 69.5 Å². The van der Waals surface area contributed by atoms with Gasteiger partial charge in [-0.1, -0.05) is 12.1 Å². The maximum atomic E-state index is 5.98. The molecule has 0 fully saturated rings. The molecule has 1 aromatic carbocycles. The molecule has 0 atom stereocenters. The second-order valence-electron chi connectivity index (χ2n) is 5.94. The molecule has 2 N–H and O–H groups in total. The van der Waals surface area contributed by atoms with Crippen molar-refractivity contribution in [1.29, 1.82) is 0 Å². The molecule has 0 unspecified atom stereocenters. The van der Waals surface area contributed by atoms with Crippen LogP contribution in [0.2, 0.25) is 0 Å². The van der Waals surface area contributed by atoms with Gasteiger partial charge < -0.3 is 15.4 Å².